The smallest absolute Gasteiger partial charge is 0.352 e. The Morgan fingerprint density at radius 3 is 2.08 bits per heavy atom. The zero-order chi connectivity index (χ0) is 29.4. The minimum Gasteiger partial charge on any atom is -0.414 e. The third-order valence-corrected chi connectivity index (χ3v) is 18.1. The van der Waals surface area contributed by atoms with Gasteiger partial charge in [0.25, 0.3) is 5.91 Å². The fourth-order valence-electron chi connectivity index (χ4n) is 5.65. The quantitative estimate of drug-likeness (QED) is 0.454. The van der Waals surface area contributed by atoms with Crippen molar-refractivity contribution in [1.82, 2.24) is 9.55 Å². The number of Topliss-reactive ketones (excluding diaryl/α,β-unsaturated/α-hetero) is 1. The van der Waals surface area contributed by atoms with Crippen LogP contribution in [0, 0.1) is 0 Å². The van der Waals surface area contributed by atoms with Gasteiger partial charge in [-0.25, -0.2) is 4.79 Å². The molecule has 12 heteroatoms. The van der Waals surface area contributed by atoms with Crippen molar-refractivity contribution in [2.24, 2.45) is 0 Å². The topological polar surface area (TPSA) is 118 Å². The summed E-state index contributed by atoms with van der Waals surface area (Å²) in [5.74, 6) is -0.687. The van der Waals surface area contributed by atoms with Gasteiger partial charge >= 0.3 is 22.8 Å². The maximum absolute atomic E-state index is 13.8. The average molecular weight is 588 g/mol. The Balaban J connectivity index is 1.65. The number of benzene rings is 1. The standard InChI is InChI=1S/C28H41N3O7Si2/c1-17(2)39(18(3)4)35-16-22-25(37-40(38-39,19(5)6)20(7)8)24(32)27(36-22)31-15-14-23(30-28(31)34)29-26(33)21-12-10-9-11-13-21/h9-15,17-20,22,25,27H,16H2,1-8H3,(H,29,30,33,34)/t22-,25-,27-/m1/s1. The SMILES string of the molecule is CC(C)[Si]1(C(C)C)OC[C@H]2O[C@@H](n3ccc(NC(=O)c4ccccc4)nc3=O)C(=O)[C@@H]2O[Si](C(C)C)(C(C)C)O1. The van der Waals surface area contributed by atoms with Crippen molar-refractivity contribution in [3.8, 4) is 0 Å². The third-order valence-electron chi connectivity index (χ3n) is 7.85. The van der Waals surface area contributed by atoms with Crippen LogP contribution in [0.1, 0.15) is 72.0 Å². The number of nitrogens with zero attached hydrogens (tertiary/aromatic N) is 2. The van der Waals surface area contributed by atoms with Crippen LogP contribution in [-0.4, -0.2) is 57.2 Å². The zero-order valence-corrected chi connectivity index (χ0v) is 26.5. The van der Waals surface area contributed by atoms with E-state index in [-0.39, 0.29) is 40.4 Å². The molecule has 2 fully saturated rings. The molecule has 2 aliphatic rings. The number of ether oxygens (including phenoxy) is 1. The van der Waals surface area contributed by atoms with Crippen molar-refractivity contribution in [1.29, 1.82) is 0 Å². The summed E-state index contributed by atoms with van der Waals surface area (Å²) in [6, 6.07) is 10.1. The molecule has 4 rings (SSSR count). The van der Waals surface area contributed by atoms with Gasteiger partial charge in [-0.3, -0.25) is 14.2 Å². The summed E-state index contributed by atoms with van der Waals surface area (Å²) in [6.07, 6.45) is -1.45. The van der Waals surface area contributed by atoms with E-state index in [2.05, 4.69) is 65.7 Å². The summed E-state index contributed by atoms with van der Waals surface area (Å²) in [5.41, 5.74) is 0.0976. The van der Waals surface area contributed by atoms with Crippen molar-refractivity contribution in [3.63, 3.8) is 0 Å². The van der Waals surface area contributed by atoms with Gasteiger partial charge in [-0.1, -0.05) is 73.6 Å². The first-order valence-corrected chi connectivity index (χ1v) is 17.9. The molecule has 0 saturated carbocycles. The van der Waals surface area contributed by atoms with Crippen LogP contribution >= 0.6 is 0 Å². The number of carbonyl (C=O) groups is 2. The second-order valence-electron chi connectivity index (χ2n) is 11.8. The molecule has 0 radical (unpaired) electrons. The van der Waals surface area contributed by atoms with Crippen LogP contribution in [0.15, 0.2) is 47.4 Å². The fourth-order valence-corrected chi connectivity index (χ4v) is 16.8. The Morgan fingerprint density at radius 1 is 0.925 bits per heavy atom. The molecule has 2 saturated heterocycles. The van der Waals surface area contributed by atoms with Crippen LogP contribution in [0.25, 0.3) is 0 Å². The molecule has 0 bridgehead atoms. The Bertz CT molecular complexity index is 1270. The summed E-state index contributed by atoms with van der Waals surface area (Å²) in [7, 11) is -5.83. The van der Waals surface area contributed by atoms with Crippen LogP contribution in [-0.2, 0) is 22.5 Å². The summed E-state index contributed by atoms with van der Waals surface area (Å²) in [4.78, 5) is 43.3. The van der Waals surface area contributed by atoms with Crippen LogP contribution < -0.4 is 11.0 Å². The highest BCUT2D eigenvalue weighted by atomic mass is 28.5. The van der Waals surface area contributed by atoms with E-state index in [9.17, 15) is 14.4 Å². The highest BCUT2D eigenvalue weighted by molar-refractivity contribution is 6.84. The molecule has 3 heterocycles. The lowest BCUT2D eigenvalue weighted by Gasteiger charge is -2.50. The Morgan fingerprint density at radius 2 is 1.52 bits per heavy atom. The first-order chi connectivity index (χ1) is 18.8. The summed E-state index contributed by atoms with van der Waals surface area (Å²) < 4.78 is 28.0. The molecule has 2 aromatic rings. The van der Waals surface area contributed by atoms with Crippen LogP contribution in [0.5, 0.6) is 0 Å². The lowest BCUT2D eigenvalue weighted by molar-refractivity contribution is -0.130. The van der Waals surface area contributed by atoms with Gasteiger partial charge in [-0.15, -0.1) is 0 Å². The largest absolute Gasteiger partial charge is 0.414 e. The van der Waals surface area contributed by atoms with E-state index < -0.39 is 47.2 Å². The normalized spacial score (nSPS) is 24.3. The van der Waals surface area contributed by atoms with E-state index in [0.29, 0.717) is 5.56 Å². The molecule has 0 unspecified atom stereocenters. The highest BCUT2D eigenvalue weighted by Crippen LogP contribution is 2.47. The van der Waals surface area contributed by atoms with Crippen LogP contribution in [0.4, 0.5) is 5.82 Å². The van der Waals surface area contributed by atoms with Crippen molar-refractivity contribution < 1.29 is 27.3 Å². The first-order valence-electron chi connectivity index (χ1n) is 14.0. The maximum Gasteiger partial charge on any atom is 0.352 e. The number of hydrogen-bond acceptors (Lipinski definition) is 8. The van der Waals surface area contributed by atoms with Gasteiger partial charge in [0.15, 0.2) is 0 Å². The van der Waals surface area contributed by atoms with Gasteiger partial charge in [-0.2, -0.15) is 4.98 Å². The van der Waals surface area contributed by atoms with Crippen molar-refractivity contribution in [2.45, 2.75) is 96.0 Å². The Hall–Kier alpha value is -2.49. The molecule has 1 N–H and O–H groups in total. The number of anilines is 1. The minimum atomic E-state index is -3.03. The molecule has 0 spiro atoms. The third kappa shape index (κ3) is 5.52. The molecule has 2 aliphatic heterocycles. The summed E-state index contributed by atoms with van der Waals surface area (Å²) in [6.45, 7) is 16.9. The first kappa shape index (κ1) is 30.5. The minimum absolute atomic E-state index is 0.0444. The summed E-state index contributed by atoms with van der Waals surface area (Å²) >= 11 is 0. The number of nitrogens with one attached hydrogen (secondary N) is 1. The second-order valence-corrected chi connectivity index (χ2v) is 20.6. The number of amides is 1. The maximum atomic E-state index is 13.8. The molecule has 1 amide bonds. The van der Waals surface area contributed by atoms with Crippen LogP contribution in [0.3, 0.4) is 0 Å². The predicted molar refractivity (Wildman–Crippen MR) is 156 cm³/mol. The predicted octanol–water partition coefficient (Wildman–Crippen LogP) is 4.92. The van der Waals surface area contributed by atoms with Crippen LogP contribution in [0.2, 0.25) is 22.2 Å². The second kappa shape index (κ2) is 11.8. The molecule has 0 aliphatic carbocycles. The number of carbonyl (C=O) groups excluding carboxylic acids is 2. The van der Waals surface area contributed by atoms with Gasteiger partial charge < -0.3 is 23.0 Å². The number of rotatable bonds is 7. The van der Waals surface area contributed by atoms with E-state index in [1.165, 1.54) is 12.3 Å². The molecule has 1 aromatic carbocycles. The molecule has 1 aromatic heterocycles. The average Bonchev–Trinajstić information content (AvgIpc) is 3.18. The monoisotopic (exact) mass is 587 g/mol. The zero-order valence-electron chi connectivity index (χ0n) is 24.5. The van der Waals surface area contributed by atoms with Crippen molar-refractivity contribution in [2.75, 3.05) is 11.9 Å². The Kier molecular flexibility index (Phi) is 8.98. The van der Waals surface area contributed by atoms with Gasteiger partial charge in [-0.05, 0) is 40.4 Å². The molecule has 3 atom stereocenters. The number of ketones is 1. The summed E-state index contributed by atoms with van der Waals surface area (Å²) in [5, 5.41) is 2.62. The molecular formula is C28H41N3O7Si2. The van der Waals surface area contributed by atoms with Crippen molar-refractivity contribution in [3.05, 3.63) is 58.6 Å². The number of fused-ring (bicyclic) bond motifs is 1. The van der Waals surface area contributed by atoms with E-state index in [1.54, 1.807) is 30.3 Å². The molecule has 218 valence electrons. The van der Waals surface area contributed by atoms with E-state index >= 15 is 0 Å². The lowest BCUT2D eigenvalue weighted by atomic mass is 10.1. The fraction of sp³-hybridized carbons (Fsp3) is 0.571. The highest BCUT2D eigenvalue weighted by Gasteiger charge is 2.61. The lowest BCUT2D eigenvalue weighted by Crippen LogP contribution is -2.65. The van der Waals surface area contributed by atoms with E-state index in [0.717, 1.165) is 4.57 Å². The van der Waals surface area contributed by atoms with E-state index in [1.807, 2.05) is 0 Å². The Labute approximate surface area is 237 Å². The van der Waals surface area contributed by atoms with Gasteiger partial charge in [0.1, 0.15) is 18.0 Å². The molecule has 40 heavy (non-hydrogen) atoms. The van der Waals surface area contributed by atoms with Gasteiger partial charge in [0.2, 0.25) is 12.0 Å². The van der Waals surface area contributed by atoms with Gasteiger partial charge in [0, 0.05) is 11.8 Å². The van der Waals surface area contributed by atoms with Crippen molar-refractivity contribution >= 4 is 34.6 Å². The van der Waals surface area contributed by atoms with E-state index in [4.69, 9.17) is 17.7 Å². The number of aromatic nitrogens is 2. The van der Waals surface area contributed by atoms with Gasteiger partial charge in [0.05, 0.1) is 6.61 Å². The number of hydrogen-bond donors (Lipinski definition) is 1. The molecule has 10 nitrogen and oxygen atoms in total. The molecular weight excluding hydrogens is 546 g/mol.